The third-order valence-electron chi connectivity index (χ3n) is 2.99. The third-order valence-corrected chi connectivity index (χ3v) is 3.23. The Labute approximate surface area is 106 Å². The van der Waals surface area contributed by atoms with Gasteiger partial charge in [0.1, 0.15) is 0 Å². The molecule has 0 atom stereocenters. The summed E-state index contributed by atoms with van der Waals surface area (Å²) >= 11 is 5.92. The Hall–Kier alpha value is -1.48. The summed E-state index contributed by atoms with van der Waals surface area (Å²) in [4.78, 5) is 0. The second-order valence-electron chi connectivity index (χ2n) is 4.19. The van der Waals surface area contributed by atoms with Gasteiger partial charge >= 0.3 is 0 Å². The highest BCUT2D eigenvalue weighted by Crippen LogP contribution is 2.20. The minimum absolute atomic E-state index is 0.769. The molecule has 1 heterocycles. The van der Waals surface area contributed by atoms with E-state index in [-0.39, 0.29) is 0 Å². The molecule has 1 aromatic heterocycles. The van der Waals surface area contributed by atoms with E-state index in [1.54, 1.807) is 0 Å². The van der Waals surface area contributed by atoms with Gasteiger partial charge in [-0.15, -0.1) is 0 Å². The van der Waals surface area contributed by atoms with Crippen molar-refractivity contribution in [3.8, 4) is 0 Å². The van der Waals surface area contributed by atoms with Crippen LogP contribution in [0.4, 0.5) is 5.69 Å². The lowest BCUT2D eigenvalue weighted by atomic mass is 10.2. The van der Waals surface area contributed by atoms with E-state index in [0.717, 1.165) is 22.8 Å². The molecule has 1 aromatic carbocycles. The summed E-state index contributed by atoms with van der Waals surface area (Å²) in [5.41, 5.74) is 4.66. The topological polar surface area (TPSA) is 29.9 Å². The molecule has 0 bridgehead atoms. The van der Waals surface area contributed by atoms with Crippen molar-refractivity contribution in [3.63, 3.8) is 0 Å². The highest BCUT2D eigenvalue weighted by Gasteiger charge is 2.04. The SMILES string of the molecule is Cc1cc(Cl)ccc1NCc1cnn(C)c1C. The number of benzene rings is 1. The summed E-state index contributed by atoms with van der Waals surface area (Å²) in [6.07, 6.45) is 1.90. The summed E-state index contributed by atoms with van der Waals surface area (Å²) < 4.78 is 1.88. The molecule has 0 spiro atoms. The first-order valence-corrected chi connectivity index (χ1v) is 5.93. The monoisotopic (exact) mass is 249 g/mol. The van der Waals surface area contributed by atoms with Gasteiger partial charge in [0.2, 0.25) is 0 Å². The van der Waals surface area contributed by atoms with Crippen molar-refractivity contribution in [1.29, 1.82) is 0 Å². The molecule has 0 saturated heterocycles. The van der Waals surface area contributed by atoms with Crippen molar-refractivity contribution in [2.75, 3.05) is 5.32 Å². The van der Waals surface area contributed by atoms with Gasteiger partial charge in [-0.2, -0.15) is 5.10 Å². The standard InChI is InChI=1S/C13H16ClN3/c1-9-6-12(14)4-5-13(9)15-7-11-8-16-17(3)10(11)2/h4-6,8,15H,7H2,1-3H3. The lowest BCUT2D eigenvalue weighted by molar-refractivity contribution is 0.738. The number of aromatic nitrogens is 2. The van der Waals surface area contributed by atoms with Crippen LogP contribution in [0.15, 0.2) is 24.4 Å². The van der Waals surface area contributed by atoms with Crippen LogP contribution in [0, 0.1) is 13.8 Å². The number of rotatable bonds is 3. The smallest absolute Gasteiger partial charge is 0.0542 e. The molecule has 2 aromatic rings. The van der Waals surface area contributed by atoms with E-state index in [2.05, 4.69) is 17.3 Å². The minimum Gasteiger partial charge on any atom is -0.381 e. The quantitative estimate of drug-likeness (QED) is 0.905. The predicted octanol–water partition coefficient (Wildman–Crippen LogP) is 3.30. The fraction of sp³-hybridized carbons (Fsp3) is 0.308. The molecule has 17 heavy (non-hydrogen) atoms. The summed E-state index contributed by atoms with van der Waals surface area (Å²) in [7, 11) is 1.95. The Kier molecular flexibility index (Phi) is 3.38. The lowest BCUT2D eigenvalue weighted by Crippen LogP contribution is -2.02. The highest BCUT2D eigenvalue weighted by molar-refractivity contribution is 6.30. The maximum Gasteiger partial charge on any atom is 0.0542 e. The van der Waals surface area contributed by atoms with Crippen molar-refractivity contribution in [2.24, 2.45) is 7.05 Å². The Morgan fingerprint density at radius 1 is 1.35 bits per heavy atom. The van der Waals surface area contributed by atoms with Gasteiger partial charge in [-0.3, -0.25) is 4.68 Å². The zero-order valence-corrected chi connectivity index (χ0v) is 11.0. The predicted molar refractivity (Wildman–Crippen MR) is 71.5 cm³/mol. The number of hydrogen-bond acceptors (Lipinski definition) is 2. The van der Waals surface area contributed by atoms with Crippen LogP contribution in [0.2, 0.25) is 5.02 Å². The second kappa shape index (κ2) is 4.80. The van der Waals surface area contributed by atoms with Gasteiger partial charge in [0.25, 0.3) is 0 Å². The van der Waals surface area contributed by atoms with Crippen molar-refractivity contribution in [2.45, 2.75) is 20.4 Å². The molecule has 0 radical (unpaired) electrons. The van der Waals surface area contributed by atoms with E-state index < -0.39 is 0 Å². The van der Waals surface area contributed by atoms with Crippen LogP contribution in [0.3, 0.4) is 0 Å². The maximum absolute atomic E-state index is 5.92. The van der Waals surface area contributed by atoms with Crippen LogP contribution >= 0.6 is 11.6 Å². The third kappa shape index (κ3) is 2.61. The fourth-order valence-corrected chi connectivity index (χ4v) is 1.96. The molecule has 0 fully saturated rings. The largest absolute Gasteiger partial charge is 0.381 e. The van der Waals surface area contributed by atoms with E-state index in [4.69, 9.17) is 11.6 Å². The number of halogens is 1. The van der Waals surface area contributed by atoms with E-state index in [9.17, 15) is 0 Å². The Morgan fingerprint density at radius 3 is 2.71 bits per heavy atom. The van der Waals surface area contributed by atoms with Crippen LogP contribution in [-0.4, -0.2) is 9.78 Å². The summed E-state index contributed by atoms with van der Waals surface area (Å²) in [5.74, 6) is 0. The van der Waals surface area contributed by atoms with Gasteiger partial charge in [-0.1, -0.05) is 11.6 Å². The molecular formula is C13H16ClN3. The molecule has 0 aliphatic carbocycles. The molecule has 3 nitrogen and oxygen atoms in total. The molecule has 4 heteroatoms. The summed E-state index contributed by atoms with van der Waals surface area (Å²) in [6, 6.07) is 5.86. The molecule has 90 valence electrons. The molecule has 0 aliphatic heterocycles. The van der Waals surface area contributed by atoms with E-state index in [1.807, 2.05) is 43.0 Å². The van der Waals surface area contributed by atoms with Crippen LogP contribution in [-0.2, 0) is 13.6 Å². The molecule has 0 aliphatic rings. The fourth-order valence-electron chi connectivity index (χ4n) is 1.73. The molecule has 0 unspecified atom stereocenters. The Morgan fingerprint density at radius 2 is 2.12 bits per heavy atom. The van der Waals surface area contributed by atoms with Crippen molar-refractivity contribution >= 4 is 17.3 Å². The molecule has 0 amide bonds. The number of aryl methyl sites for hydroxylation is 2. The van der Waals surface area contributed by atoms with Gasteiger partial charge in [0, 0.05) is 35.6 Å². The van der Waals surface area contributed by atoms with Crippen molar-refractivity contribution < 1.29 is 0 Å². The van der Waals surface area contributed by atoms with Gasteiger partial charge in [0.15, 0.2) is 0 Å². The van der Waals surface area contributed by atoms with E-state index in [0.29, 0.717) is 0 Å². The minimum atomic E-state index is 0.769. The maximum atomic E-state index is 5.92. The van der Waals surface area contributed by atoms with E-state index in [1.165, 1.54) is 11.3 Å². The summed E-state index contributed by atoms with van der Waals surface area (Å²) in [5, 5.41) is 8.39. The zero-order valence-electron chi connectivity index (χ0n) is 10.3. The number of hydrogen-bond donors (Lipinski definition) is 1. The first-order valence-electron chi connectivity index (χ1n) is 5.55. The number of nitrogens with one attached hydrogen (secondary N) is 1. The first kappa shape index (κ1) is 12.0. The first-order chi connectivity index (χ1) is 8.08. The van der Waals surface area contributed by atoms with Crippen molar-refractivity contribution in [1.82, 2.24) is 9.78 Å². The van der Waals surface area contributed by atoms with Crippen molar-refractivity contribution in [3.05, 3.63) is 46.2 Å². The normalized spacial score (nSPS) is 10.6. The highest BCUT2D eigenvalue weighted by atomic mass is 35.5. The second-order valence-corrected chi connectivity index (χ2v) is 4.63. The average Bonchev–Trinajstić information content (AvgIpc) is 2.59. The van der Waals surface area contributed by atoms with Crippen LogP contribution in [0.5, 0.6) is 0 Å². The zero-order chi connectivity index (χ0) is 12.4. The van der Waals surface area contributed by atoms with Crippen LogP contribution in [0.1, 0.15) is 16.8 Å². The average molecular weight is 250 g/mol. The summed E-state index contributed by atoms with van der Waals surface area (Å²) in [6.45, 7) is 4.89. The lowest BCUT2D eigenvalue weighted by Gasteiger charge is -2.09. The molecule has 2 rings (SSSR count). The van der Waals surface area contributed by atoms with Crippen LogP contribution < -0.4 is 5.32 Å². The molecule has 1 N–H and O–H groups in total. The van der Waals surface area contributed by atoms with E-state index >= 15 is 0 Å². The van der Waals surface area contributed by atoms with Crippen LogP contribution in [0.25, 0.3) is 0 Å². The van der Waals surface area contributed by atoms with Gasteiger partial charge in [-0.05, 0) is 37.6 Å². The Balaban J connectivity index is 2.10. The number of anilines is 1. The number of nitrogens with zero attached hydrogens (tertiary/aromatic N) is 2. The Bertz CT molecular complexity index is 531. The molecular weight excluding hydrogens is 234 g/mol. The van der Waals surface area contributed by atoms with Gasteiger partial charge in [-0.25, -0.2) is 0 Å². The van der Waals surface area contributed by atoms with Gasteiger partial charge in [0.05, 0.1) is 6.20 Å². The van der Waals surface area contributed by atoms with Gasteiger partial charge < -0.3 is 5.32 Å². The molecule has 0 saturated carbocycles.